The summed E-state index contributed by atoms with van der Waals surface area (Å²) >= 11 is 2.28. The third-order valence-corrected chi connectivity index (χ3v) is 5.00. The first-order valence-corrected chi connectivity index (χ1v) is 8.08. The molecule has 0 aromatic carbocycles. The zero-order chi connectivity index (χ0) is 14.7. The molecule has 112 valence electrons. The molecule has 0 heterocycles. The second kappa shape index (κ2) is 10.4. The van der Waals surface area contributed by atoms with Crippen molar-refractivity contribution >= 4 is 35.5 Å². The number of esters is 2. The van der Waals surface area contributed by atoms with Crippen LogP contribution in [0.15, 0.2) is 0 Å². The molecule has 0 saturated carbocycles. The fourth-order valence-corrected chi connectivity index (χ4v) is 3.57. The van der Waals surface area contributed by atoms with Gasteiger partial charge in [-0.2, -0.15) is 0 Å². The lowest BCUT2D eigenvalue weighted by atomic mass is 10.4. The molecular formula is C11H22N2O4S2. The van der Waals surface area contributed by atoms with Crippen molar-refractivity contribution in [2.75, 3.05) is 37.8 Å². The van der Waals surface area contributed by atoms with Crippen molar-refractivity contribution in [3.63, 3.8) is 0 Å². The number of nitrogens with two attached hydrogens (primary N) is 2. The SMILES string of the molecule is CCOC(=O)C(SCCN)(SCCN)C(=O)OCC. The van der Waals surface area contributed by atoms with Gasteiger partial charge in [0.05, 0.1) is 13.2 Å². The molecule has 6 nitrogen and oxygen atoms in total. The molecule has 0 radical (unpaired) electrons. The largest absolute Gasteiger partial charge is 0.464 e. The van der Waals surface area contributed by atoms with Crippen LogP contribution in [0.3, 0.4) is 0 Å². The summed E-state index contributed by atoms with van der Waals surface area (Å²) in [5.74, 6) is -0.305. The molecule has 19 heavy (non-hydrogen) atoms. The minimum atomic E-state index is -1.43. The molecule has 4 N–H and O–H groups in total. The van der Waals surface area contributed by atoms with Crippen molar-refractivity contribution in [3.8, 4) is 0 Å². The summed E-state index contributed by atoms with van der Waals surface area (Å²) < 4.78 is 8.59. The Morgan fingerprint density at radius 3 is 1.58 bits per heavy atom. The molecule has 0 atom stereocenters. The number of carbonyl (C=O) groups excluding carboxylic acids is 2. The van der Waals surface area contributed by atoms with Crippen LogP contribution in [0, 0.1) is 0 Å². The van der Waals surface area contributed by atoms with Crippen molar-refractivity contribution in [1.82, 2.24) is 0 Å². The van der Waals surface area contributed by atoms with E-state index in [-0.39, 0.29) is 13.2 Å². The number of hydrogen-bond donors (Lipinski definition) is 2. The van der Waals surface area contributed by atoms with E-state index in [2.05, 4.69) is 0 Å². The Kier molecular flexibility index (Phi) is 10.1. The number of hydrogen-bond acceptors (Lipinski definition) is 8. The van der Waals surface area contributed by atoms with Gasteiger partial charge in [0.2, 0.25) is 0 Å². The van der Waals surface area contributed by atoms with Crippen LogP contribution >= 0.6 is 23.5 Å². The highest BCUT2D eigenvalue weighted by Crippen LogP contribution is 2.39. The summed E-state index contributed by atoms with van der Waals surface area (Å²) in [7, 11) is 0. The van der Waals surface area contributed by atoms with Crippen molar-refractivity contribution in [2.24, 2.45) is 11.5 Å². The Morgan fingerprint density at radius 1 is 0.947 bits per heavy atom. The lowest BCUT2D eigenvalue weighted by Gasteiger charge is -2.27. The van der Waals surface area contributed by atoms with E-state index in [1.807, 2.05) is 0 Å². The first kappa shape index (κ1) is 18.6. The molecule has 0 unspecified atom stereocenters. The number of thioether (sulfide) groups is 2. The van der Waals surface area contributed by atoms with Gasteiger partial charge in [-0.3, -0.25) is 0 Å². The Bertz CT molecular complexity index is 262. The van der Waals surface area contributed by atoms with Crippen molar-refractivity contribution in [2.45, 2.75) is 17.9 Å². The fraction of sp³-hybridized carbons (Fsp3) is 0.818. The van der Waals surface area contributed by atoms with E-state index >= 15 is 0 Å². The van der Waals surface area contributed by atoms with E-state index in [1.165, 1.54) is 0 Å². The molecule has 0 aliphatic rings. The van der Waals surface area contributed by atoms with Gasteiger partial charge in [-0.25, -0.2) is 9.59 Å². The number of rotatable bonds is 10. The Labute approximate surface area is 122 Å². The van der Waals surface area contributed by atoms with Gasteiger partial charge in [0, 0.05) is 24.6 Å². The topological polar surface area (TPSA) is 105 Å². The predicted molar refractivity (Wildman–Crippen MR) is 79.0 cm³/mol. The van der Waals surface area contributed by atoms with E-state index in [1.54, 1.807) is 13.8 Å². The molecule has 0 spiro atoms. The monoisotopic (exact) mass is 310 g/mol. The van der Waals surface area contributed by atoms with Gasteiger partial charge < -0.3 is 20.9 Å². The summed E-state index contributed by atoms with van der Waals surface area (Å²) in [5.41, 5.74) is 10.9. The Morgan fingerprint density at radius 2 is 1.32 bits per heavy atom. The molecule has 8 heteroatoms. The maximum atomic E-state index is 12.1. The number of ether oxygens (including phenoxy) is 2. The third kappa shape index (κ3) is 5.60. The van der Waals surface area contributed by atoms with E-state index in [0.29, 0.717) is 24.6 Å². The van der Waals surface area contributed by atoms with Gasteiger partial charge in [0.1, 0.15) is 0 Å². The Hall–Kier alpha value is -0.440. The average molecular weight is 310 g/mol. The van der Waals surface area contributed by atoms with Crippen LogP contribution in [0.1, 0.15) is 13.8 Å². The van der Waals surface area contributed by atoms with Crippen molar-refractivity contribution < 1.29 is 19.1 Å². The second-order valence-corrected chi connectivity index (χ2v) is 6.21. The summed E-state index contributed by atoms with van der Waals surface area (Å²) in [5, 5.41) is 0. The summed E-state index contributed by atoms with van der Waals surface area (Å²) in [6, 6.07) is 0. The zero-order valence-corrected chi connectivity index (χ0v) is 13.0. The molecule has 0 aromatic heterocycles. The van der Waals surface area contributed by atoms with Crippen LogP contribution < -0.4 is 11.5 Å². The summed E-state index contributed by atoms with van der Waals surface area (Å²) in [6.45, 7) is 4.49. The molecule has 0 aromatic rings. The van der Waals surface area contributed by atoms with Crippen LogP contribution in [0.2, 0.25) is 0 Å². The quantitative estimate of drug-likeness (QED) is 0.335. The normalized spacial score (nSPS) is 11.2. The van der Waals surface area contributed by atoms with E-state index in [0.717, 1.165) is 23.5 Å². The van der Waals surface area contributed by atoms with Crippen molar-refractivity contribution in [1.29, 1.82) is 0 Å². The molecule has 0 saturated heterocycles. The van der Waals surface area contributed by atoms with Gasteiger partial charge in [0.25, 0.3) is 4.08 Å². The molecule has 0 amide bonds. The number of carbonyl (C=O) groups is 2. The molecular weight excluding hydrogens is 288 g/mol. The van der Waals surface area contributed by atoms with Gasteiger partial charge >= 0.3 is 11.9 Å². The first-order chi connectivity index (χ1) is 9.08. The maximum Gasteiger partial charge on any atom is 0.344 e. The minimum Gasteiger partial charge on any atom is -0.464 e. The second-order valence-electron chi connectivity index (χ2n) is 3.33. The van der Waals surface area contributed by atoms with Crippen LogP contribution in [-0.2, 0) is 19.1 Å². The van der Waals surface area contributed by atoms with Gasteiger partial charge in [-0.1, -0.05) is 0 Å². The fourth-order valence-electron chi connectivity index (χ4n) is 1.22. The molecule has 0 rings (SSSR count). The predicted octanol–water partition coefficient (Wildman–Crippen LogP) is 0.193. The van der Waals surface area contributed by atoms with Gasteiger partial charge in [-0.05, 0) is 13.8 Å². The highest BCUT2D eigenvalue weighted by molar-refractivity contribution is 8.20. The zero-order valence-electron chi connectivity index (χ0n) is 11.3. The van der Waals surface area contributed by atoms with Crippen LogP contribution in [0.4, 0.5) is 0 Å². The van der Waals surface area contributed by atoms with E-state index in [4.69, 9.17) is 20.9 Å². The minimum absolute atomic E-state index is 0.201. The lowest BCUT2D eigenvalue weighted by Crippen LogP contribution is -2.44. The molecule has 0 aliphatic heterocycles. The molecule has 0 aliphatic carbocycles. The van der Waals surface area contributed by atoms with Crippen LogP contribution in [-0.4, -0.2) is 53.8 Å². The van der Waals surface area contributed by atoms with Gasteiger partial charge in [-0.15, -0.1) is 23.5 Å². The van der Waals surface area contributed by atoms with Crippen LogP contribution in [0.25, 0.3) is 0 Å². The lowest BCUT2D eigenvalue weighted by molar-refractivity contribution is -0.154. The average Bonchev–Trinajstić information content (AvgIpc) is 2.40. The highest BCUT2D eigenvalue weighted by Gasteiger charge is 2.50. The molecule has 0 bridgehead atoms. The summed E-state index contributed by atoms with van der Waals surface area (Å²) in [4.78, 5) is 24.3. The van der Waals surface area contributed by atoms with E-state index < -0.39 is 16.0 Å². The smallest absolute Gasteiger partial charge is 0.344 e. The van der Waals surface area contributed by atoms with Crippen molar-refractivity contribution in [3.05, 3.63) is 0 Å². The molecule has 0 fully saturated rings. The maximum absolute atomic E-state index is 12.1. The van der Waals surface area contributed by atoms with E-state index in [9.17, 15) is 9.59 Å². The van der Waals surface area contributed by atoms with Gasteiger partial charge in [0.15, 0.2) is 0 Å². The standard InChI is InChI=1S/C11H22N2O4S2/c1-3-16-9(14)11(18-7-5-12,19-8-6-13)10(15)17-4-2/h3-8,12-13H2,1-2H3. The first-order valence-electron chi connectivity index (χ1n) is 6.11. The summed E-state index contributed by atoms with van der Waals surface area (Å²) in [6.07, 6.45) is 0. The highest BCUT2D eigenvalue weighted by atomic mass is 32.2. The van der Waals surface area contributed by atoms with Crippen LogP contribution in [0.5, 0.6) is 0 Å². The third-order valence-electron chi connectivity index (χ3n) is 1.93. The Balaban J connectivity index is 5.16.